The second kappa shape index (κ2) is 4.22. The molecule has 82 valence electrons. The highest BCUT2D eigenvalue weighted by molar-refractivity contribution is 9.10. The van der Waals surface area contributed by atoms with Crippen molar-refractivity contribution in [1.82, 2.24) is 4.98 Å². The number of aromatic nitrogens is 1. The standard InChI is InChI=1S/C12H10BrNO2/c1-7-3-4-8-9(5-7)10(13)6-14-11(8)12(15)16-2/h3-6H,1-2H3. The minimum Gasteiger partial charge on any atom is -0.464 e. The van der Waals surface area contributed by atoms with Gasteiger partial charge in [-0.1, -0.05) is 23.8 Å². The maximum atomic E-state index is 11.5. The van der Waals surface area contributed by atoms with Gasteiger partial charge in [-0.15, -0.1) is 0 Å². The number of esters is 1. The van der Waals surface area contributed by atoms with Gasteiger partial charge in [0.05, 0.1) is 7.11 Å². The van der Waals surface area contributed by atoms with Crippen molar-refractivity contribution in [2.75, 3.05) is 7.11 Å². The Bertz CT molecular complexity index is 566. The third-order valence-corrected chi connectivity index (χ3v) is 3.01. The fraction of sp³-hybridized carbons (Fsp3) is 0.167. The molecule has 0 bridgehead atoms. The Balaban J connectivity index is 2.79. The van der Waals surface area contributed by atoms with Gasteiger partial charge in [0, 0.05) is 21.4 Å². The van der Waals surface area contributed by atoms with Crippen LogP contribution in [0.2, 0.25) is 0 Å². The highest BCUT2D eigenvalue weighted by Crippen LogP contribution is 2.26. The van der Waals surface area contributed by atoms with Crippen molar-refractivity contribution in [3.05, 3.63) is 40.1 Å². The van der Waals surface area contributed by atoms with E-state index in [4.69, 9.17) is 4.74 Å². The first-order valence-corrected chi connectivity index (χ1v) is 5.56. The van der Waals surface area contributed by atoms with Crippen molar-refractivity contribution in [3.63, 3.8) is 0 Å². The van der Waals surface area contributed by atoms with E-state index in [0.717, 1.165) is 20.8 Å². The van der Waals surface area contributed by atoms with E-state index in [1.54, 1.807) is 6.20 Å². The molecule has 0 amide bonds. The zero-order valence-electron chi connectivity index (χ0n) is 8.95. The molecule has 1 aromatic carbocycles. The highest BCUT2D eigenvalue weighted by Gasteiger charge is 2.13. The van der Waals surface area contributed by atoms with Gasteiger partial charge in [0.25, 0.3) is 0 Å². The lowest BCUT2D eigenvalue weighted by Crippen LogP contribution is -2.05. The molecule has 2 aromatic rings. The van der Waals surface area contributed by atoms with Gasteiger partial charge in [-0.05, 0) is 22.9 Å². The Kier molecular flexibility index (Phi) is 2.92. The fourth-order valence-electron chi connectivity index (χ4n) is 1.58. The fourth-order valence-corrected chi connectivity index (χ4v) is 2.01. The summed E-state index contributed by atoms with van der Waals surface area (Å²) in [6, 6.07) is 5.84. The van der Waals surface area contributed by atoms with Crippen molar-refractivity contribution >= 4 is 32.7 Å². The molecule has 1 heterocycles. The highest BCUT2D eigenvalue weighted by atomic mass is 79.9. The number of methoxy groups -OCH3 is 1. The number of ether oxygens (including phenoxy) is 1. The molecule has 16 heavy (non-hydrogen) atoms. The SMILES string of the molecule is COC(=O)c1ncc(Br)c2cc(C)ccc12. The molecular weight excluding hydrogens is 270 g/mol. The van der Waals surface area contributed by atoms with Gasteiger partial charge in [0.2, 0.25) is 0 Å². The van der Waals surface area contributed by atoms with Crippen LogP contribution in [0.25, 0.3) is 10.8 Å². The normalized spacial score (nSPS) is 10.4. The number of rotatable bonds is 1. The molecule has 2 rings (SSSR count). The summed E-state index contributed by atoms with van der Waals surface area (Å²) < 4.78 is 5.57. The van der Waals surface area contributed by atoms with E-state index in [0.29, 0.717) is 5.69 Å². The average molecular weight is 280 g/mol. The first-order chi connectivity index (χ1) is 7.63. The minimum absolute atomic E-state index is 0.348. The molecule has 0 aliphatic carbocycles. The molecule has 0 saturated carbocycles. The summed E-state index contributed by atoms with van der Waals surface area (Å²) in [5.74, 6) is -0.415. The van der Waals surface area contributed by atoms with E-state index < -0.39 is 5.97 Å². The van der Waals surface area contributed by atoms with Gasteiger partial charge >= 0.3 is 5.97 Å². The molecule has 0 atom stereocenters. The summed E-state index contributed by atoms with van der Waals surface area (Å²) in [6.45, 7) is 2.00. The van der Waals surface area contributed by atoms with Crippen LogP contribution in [0.4, 0.5) is 0 Å². The molecule has 0 radical (unpaired) electrons. The van der Waals surface area contributed by atoms with Crippen LogP contribution < -0.4 is 0 Å². The van der Waals surface area contributed by atoms with Crippen LogP contribution in [-0.4, -0.2) is 18.1 Å². The third kappa shape index (κ3) is 1.80. The summed E-state index contributed by atoms with van der Waals surface area (Å²) in [4.78, 5) is 15.6. The van der Waals surface area contributed by atoms with Gasteiger partial charge < -0.3 is 4.74 Å². The number of hydrogen-bond acceptors (Lipinski definition) is 3. The quantitative estimate of drug-likeness (QED) is 0.753. The lowest BCUT2D eigenvalue weighted by atomic mass is 10.1. The molecule has 3 nitrogen and oxygen atoms in total. The zero-order valence-corrected chi connectivity index (χ0v) is 10.5. The van der Waals surface area contributed by atoms with E-state index in [2.05, 4.69) is 20.9 Å². The lowest BCUT2D eigenvalue weighted by molar-refractivity contribution is 0.0596. The average Bonchev–Trinajstić information content (AvgIpc) is 2.29. The van der Waals surface area contributed by atoms with Crippen molar-refractivity contribution < 1.29 is 9.53 Å². The van der Waals surface area contributed by atoms with Crippen molar-refractivity contribution in [2.24, 2.45) is 0 Å². The molecule has 0 N–H and O–H groups in total. The first-order valence-electron chi connectivity index (χ1n) is 4.76. The van der Waals surface area contributed by atoms with E-state index in [1.165, 1.54) is 7.11 Å². The first kappa shape index (κ1) is 11.1. The van der Waals surface area contributed by atoms with Crippen LogP contribution in [0.3, 0.4) is 0 Å². The Morgan fingerprint density at radius 2 is 2.12 bits per heavy atom. The predicted molar refractivity (Wildman–Crippen MR) is 65.5 cm³/mol. The second-order valence-corrected chi connectivity index (χ2v) is 4.35. The van der Waals surface area contributed by atoms with Crippen molar-refractivity contribution in [1.29, 1.82) is 0 Å². The van der Waals surface area contributed by atoms with Gasteiger partial charge in [-0.3, -0.25) is 0 Å². The van der Waals surface area contributed by atoms with E-state index in [1.807, 2.05) is 25.1 Å². The van der Waals surface area contributed by atoms with E-state index >= 15 is 0 Å². The van der Waals surface area contributed by atoms with Crippen LogP contribution in [-0.2, 0) is 4.74 Å². The van der Waals surface area contributed by atoms with Crippen molar-refractivity contribution in [3.8, 4) is 0 Å². The predicted octanol–water partition coefficient (Wildman–Crippen LogP) is 3.09. The lowest BCUT2D eigenvalue weighted by Gasteiger charge is -2.06. The Hall–Kier alpha value is -1.42. The summed E-state index contributed by atoms with van der Waals surface area (Å²) in [6.07, 6.45) is 1.62. The molecule has 0 saturated heterocycles. The summed E-state index contributed by atoms with van der Waals surface area (Å²) in [5, 5.41) is 1.77. The number of carbonyl (C=O) groups is 1. The summed E-state index contributed by atoms with van der Waals surface area (Å²) in [5.41, 5.74) is 1.48. The maximum Gasteiger partial charge on any atom is 0.357 e. The van der Waals surface area contributed by atoms with Crippen molar-refractivity contribution in [2.45, 2.75) is 6.92 Å². The topological polar surface area (TPSA) is 39.2 Å². The zero-order chi connectivity index (χ0) is 11.7. The summed E-state index contributed by atoms with van der Waals surface area (Å²) in [7, 11) is 1.35. The van der Waals surface area contributed by atoms with Crippen LogP contribution in [0.15, 0.2) is 28.9 Å². The molecule has 0 aliphatic heterocycles. The molecular formula is C12H10BrNO2. The van der Waals surface area contributed by atoms with Crippen LogP contribution >= 0.6 is 15.9 Å². The molecule has 4 heteroatoms. The second-order valence-electron chi connectivity index (χ2n) is 3.50. The van der Waals surface area contributed by atoms with E-state index in [9.17, 15) is 4.79 Å². The third-order valence-electron chi connectivity index (χ3n) is 2.37. The number of fused-ring (bicyclic) bond motifs is 1. The molecule has 0 spiro atoms. The number of hydrogen-bond donors (Lipinski definition) is 0. The van der Waals surface area contributed by atoms with Gasteiger partial charge in [0.15, 0.2) is 5.69 Å². The van der Waals surface area contributed by atoms with Crippen LogP contribution in [0.1, 0.15) is 16.1 Å². The number of nitrogens with zero attached hydrogens (tertiary/aromatic N) is 1. The summed E-state index contributed by atoms with van der Waals surface area (Å²) >= 11 is 3.42. The van der Waals surface area contributed by atoms with Gasteiger partial charge in [-0.25, -0.2) is 9.78 Å². The Morgan fingerprint density at radius 3 is 2.81 bits per heavy atom. The van der Waals surface area contributed by atoms with E-state index in [-0.39, 0.29) is 0 Å². The molecule has 0 aliphatic rings. The largest absolute Gasteiger partial charge is 0.464 e. The molecule has 0 fully saturated rings. The molecule has 0 unspecified atom stereocenters. The number of pyridine rings is 1. The van der Waals surface area contributed by atoms with Crippen LogP contribution in [0, 0.1) is 6.92 Å². The van der Waals surface area contributed by atoms with Gasteiger partial charge in [0.1, 0.15) is 0 Å². The van der Waals surface area contributed by atoms with Crippen LogP contribution in [0.5, 0.6) is 0 Å². The smallest absolute Gasteiger partial charge is 0.357 e. The maximum absolute atomic E-state index is 11.5. The molecule has 1 aromatic heterocycles. The number of aryl methyl sites for hydroxylation is 1. The number of halogens is 1. The van der Waals surface area contributed by atoms with Gasteiger partial charge in [-0.2, -0.15) is 0 Å². The minimum atomic E-state index is -0.415. The Labute approximate surface area is 102 Å². The monoisotopic (exact) mass is 279 g/mol. The number of benzene rings is 1. The Morgan fingerprint density at radius 1 is 1.38 bits per heavy atom. The number of carbonyl (C=O) groups excluding carboxylic acids is 1.